The first kappa shape index (κ1) is 14.5. The number of hydrogen-bond donors (Lipinski definition) is 1. The second-order valence-corrected chi connectivity index (χ2v) is 4.76. The van der Waals surface area contributed by atoms with E-state index in [-0.39, 0.29) is 6.04 Å². The van der Waals surface area contributed by atoms with Crippen molar-refractivity contribution in [2.45, 2.75) is 12.6 Å². The standard InChI is InChI=1S/C14H17N5O3/c1-19-11(5-6-16-19)10(9-20-2)15-8-13-17-14(18-22-13)12-4-3-7-21-12/h3-7,10,15H,8-9H2,1-2H3. The number of nitrogens with one attached hydrogen (secondary N) is 1. The van der Waals surface area contributed by atoms with Crippen molar-refractivity contribution in [1.29, 1.82) is 0 Å². The molecule has 1 unspecified atom stereocenters. The van der Waals surface area contributed by atoms with Gasteiger partial charge >= 0.3 is 0 Å². The molecule has 0 aromatic carbocycles. The Balaban J connectivity index is 1.66. The van der Waals surface area contributed by atoms with Gasteiger partial charge in [0.25, 0.3) is 0 Å². The molecule has 0 saturated carbocycles. The second kappa shape index (κ2) is 6.54. The van der Waals surface area contributed by atoms with Gasteiger partial charge in [-0.3, -0.25) is 10.00 Å². The van der Waals surface area contributed by atoms with E-state index < -0.39 is 0 Å². The summed E-state index contributed by atoms with van der Waals surface area (Å²) in [6.07, 6.45) is 3.32. The molecule has 0 amide bonds. The van der Waals surface area contributed by atoms with Gasteiger partial charge in [0.1, 0.15) is 0 Å². The molecule has 3 aromatic heterocycles. The Labute approximate surface area is 127 Å². The first-order valence-corrected chi connectivity index (χ1v) is 6.84. The topological polar surface area (TPSA) is 91.1 Å². The van der Waals surface area contributed by atoms with Crippen LogP contribution in [0.25, 0.3) is 11.6 Å². The van der Waals surface area contributed by atoms with Gasteiger partial charge in [-0.15, -0.1) is 0 Å². The summed E-state index contributed by atoms with van der Waals surface area (Å²) in [6, 6.07) is 5.49. The average Bonchev–Trinajstić information content (AvgIpc) is 3.24. The molecule has 116 valence electrons. The van der Waals surface area contributed by atoms with Crippen molar-refractivity contribution >= 4 is 0 Å². The molecule has 0 aliphatic rings. The molecule has 3 aromatic rings. The second-order valence-electron chi connectivity index (χ2n) is 4.76. The van der Waals surface area contributed by atoms with Gasteiger partial charge in [0, 0.05) is 20.4 Å². The van der Waals surface area contributed by atoms with Gasteiger partial charge < -0.3 is 13.7 Å². The monoisotopic (exact) mass is 303 g/mol. The van der Waals surface area contributed by atoms with Crippen LogP contribution in [0.1, 0.15) is 17.6 Å². The molecule has 1 N–H and O–H groups in total. The Bertz CT molecular complexity index is 704. The van der Waals surface area contributed by atoms with Crippen LogP contribution in [0.3, 0.4) is 0 Å². The van der Waals surface area contributed by atoms with E-state index in [0.29, 0.717) is 30.6 Å². The normalized spacial score (nSPS) is 12.6. The van der Waals surface area contributed by atoms with Gasteiger partial charge in [-0.05, 0) is 18.2 Å². The zero-order chi connectivity index (χ0) is 15.4. The largest absolute Gasteiger partial charge is 0.461 e. The third-order valence-corrected chi connectivity index (χ3v) is 3.26. The van der Waals surface area contributed by atoms with E-state index in [1.165, 1.54) is 0 Å². The zero-order valence-electron chi connectivity index (χ0n) is 12.4. The van der Waals surface area contributed by atoms with Crippen molar-refractivity contribution in [3.63, 3.8) is 0 Å². The molecule has 8 heteroatoms. The number of rotatable bonds is 7. The number of nitrogens with zero attached hydrogens (tertiary/aromatic N) is 4. The van der Waals surface area contributed by atoms with Crippen LogP contribution >= 0.6 is 0 Å². The minimum Gasteiger partial charge on any atom is -0.461 e. The van der Waals surface area contributed by atoms with E-state index in [0.717, 1.165) is 5.69 Å². The maximum atomic E-state index is 5.25. The Morgan fingerprint density at radius 3 is 3.00 bits per heavy atom. The number of aryl methyl sites for hydroxylation is 1. The first-order valence-electron chi connectivity index (χ1n) is 6.84. The Kier molecular flexibility index (Phi) is 4.31. The highest BCUT2D eigenvalue weighted by molar-refractivity contribution is 5.44. The van der Waals surface area contributed by atoms with Crippen molar-refractivity contribution < 1.29 is 13.7 Å². The predicted octanol–water partition coefficient (Wildman–Crippen LogP) is 1.54. The van der Waals surface area contributed by atoms with Crippen LogP contribution in [0.2, 0.25) is 0 Å². The summed E-state index contributed by atoms with van der Waals surface area (Å²) in [5.74, 6) is 1.50. The van der Waals surface area contributed by atoms with Gasteiger partial charge in [0.2, 0.25) is 11.7 Å². The average molecular weight is 303 g/mol. The van der Waals surface area contributed by atoms with Gasteiger partial charge in [-0.2, -0.15) is 10.1 Å². The van der Waals surface area contributed by atoms with Crippen molar-refractivity contribution in [3.8, 4) is 11.6 Å². The smallest absolute Gasteiger partial charge is 0.241 e. The Morgan fingerprint density at radius 1 is 1.41 bits per heavy atom. The molecule has 0 spiro atoms. The van der Waals surface area contributed by atoms with E-state index in [2.05, 4.69) is 20.6 Å². The maximum absolute atomic E-state index is 5.25. The lowest BCUT2D eigenvalue weighted by molar-refractivity contribution is 0.161. The number of ether oxygens (including phenoxy) is 1. The van der Waals surface area contributed by atoms with Gasteiger partial charge in [-0.1, -0.05) is 5.16 Å². The maximum Gasteiger partial charge on any atom is 0.241 e. The van der Waals surface area contributed by atoms with Crippen LogP contribution in [-0.4, -0.2) is 33.6 Å². The molecule has 3 heterocycles. The molecular weight excluding hydrogens is 286 g/mol. The lowest BCUT2D eigenvalue weighted by atomic mass is 10.2. The van der Waals surface area contributed by atoms with Gasteiger partial charge in [-0.25, -0.2) is 0 Å². The molecule has 22 heavy (non-hydrogen) atoms. The SMILES string of the molecule is COCC(NCc1nc(-c2ccco2)no1)c1ccnn1C. The molecular formula is C14H17N5O3. The third kappa shape index (κ3) is 3.07. The number of methoxy groups -OCH3 is 1. The van der Waals surface area contributed by atoms with Crippen LogP contribution < -0.4 is 5.32 Å². The van der Waals surface area contributed by atoms with Crippen LogP contribution in [0, 0.1) is 0 Å². The van der Waals surface area contributed by atoms with E-state index in [4.69, 9.17) is 13.7 Å². The lowest BCUT2D eigenvalue weighted by Gasteiger charge is -2.17. The Hall–Kier alpha value is -2.45. The summed E-state index contributed by atoms with van der Waals surface area (Å²) in [5, 5.41) is 11.4. The summed E-state index contributed by atoms with van der Waals surface area (Å²) in [4.78, 5) is 4.29. The number of hydrogen-bond acceptors (Lipinski definition) is 7. The van der Waals surface area contributed by atoms with Crippen LogP contribution in [0.15, 0.2) is 39.6 Å². The minimum atomic E-state index is -0.0172. The summed E-state index contributed by atoms with van der Waals surface area (Å²) < 4.78 is 17.5. The lowest BCUT2D eigenvalue weighted by Crippen LogP contribution is -2.27. The molecule has 0 aliphatic heterocycles. The first-order chi connectivity index (χ1) is 10.8. The molecule has 0 bridgehead atoms. The molecule has 0 fully saturated rings. The zero-order valence-corrected chi connectivity index (χ0v) is 12.4. The number of aromatic nitrogens is 4. The van der Waals surface area contributed by atoms with E-state index in [9.17, 15) is 0 Å². The van der Waals surface area contributed by atoms with Crippen molar-refractivity contribution in [2.75, 3.05) is 13.7 Å². The summed E-state index contributed by atoms with van der Waals surface area (Å²) in [6.45, 7) is 0.936. The highest BCUT2D eigenvalue weighted by Gasteiger charge is 2.17. The van der Waals surface area contributed by atoms with Crippen LogP contribution in [-0.2, 0) is 18.3 Å². The molecule has 0 radical (unpaired) electrons. The summed E-state index contributed by atoms with van der Waals surface area (Å²) in [5.41, 5.74) is 1.02. The molecule has 3 rings (SSSR count). The van der Waals surface area contributed by atoms with E-state index in [1.54, 1.807) is 36.4 Å². The minimum absolute atomic E-state index is 0.0172. The third-order valence-electron chi connectivity index (χ3n) is 3.26. The van der Waals surface area contributed by atoms with Gasteiger partial charge in [0.05, 0.1) is 31.2 Å². The van der Waals surface area contributed by atoms with Crippen molar-refractivity contribution in [1.82, 2.24) is 25.2 Å². The quantitative estimate of drug-likeness (QED) is 0.708. The molecule has 1 atom stereocenters. The Morgan fingerprint density at radius 2 is 2.32 bits per heavy atom. The molecule has 0 aliphatic carbocycles. The number of furan rings is 1. The highest BCUT2D eigenvalue weighted by Crippen LogP contribution is 2.17. The van der Waals surface area contributed by atoms with Crippen molar-refractivity contribution in [3.05, 3.63) is 42.2 Å². The van der Waals surface area contributed by atoms with Crippen LogP contribution in [0.4, 0.5) is 0 Å². The van der Waals surface area contributed by atoms with E-state index >= 15 is 0 Å². The summed E-state index contributed by atoms with van der Waals surface area (Å²) in [7, 11) is 3.55. The van der Waals surface area contributed by atoms with Crippen molar-refractivity contribution in [2.24, 2.45) is 7.05 Å². The molecule has 0 saturated heterocycles. The fourth-order valence-electron chi connectivity index (χ4n) is 2.18. The van der Waals surface area contributed by atoms with Crippen LogP contribution in [0.5, 0.6) is 0 Å². The van der Waals surface area contributed by atoms with Gasteiger partial charge in [0.15, 0.2) is 5.76 Å². The fraction of sp³-hybridized carbons (Fsp3) is 0.357. The molecule has 8 nitrogen and oxygen atoms in total. The highest BCUT2D eigenvalue weighted by atomic mass is 16.5. The fourth-order valence-corrected chi connectivity index (χ4v) is 2.18. The predicted molar refractivity (Wildman–Crippen MR) is 76.7 cm³/mol. The van der Waals surface area contributed by atoms with E-state index in [1.807, 2.05) is 13.1 Å². The summed E-state index contributed by atoms with van der Waals surface area (Å²) >= 11 is 0.